The number of thiophene rings is 1. The van der Waals surface area contributed by atoms with Crippen LogP contribution in [-0.2, 0) is 22.6 Å². The van der Waals surface area contributed by atoms with Gasteiger partial charge in [0.05, 0.1) is 32.6 Å². The van der Waals surface area contributed by atoms with Crippen molar-refractivity contribution in [3.05, 3.63) is 70.2 Å². The van der Waals surface area contributed by atoms with Gasteiger partial charge in [-0.05, 0) is 48.6 Å². The zero-order valence-electron chi connectivity index (χ0n) is 19.7. The summed E-state index contributed by atoms with van der Waals surface area (Å²) >= 11 is 1.55. The molecule has 0 spiro atoms. The normalized spacial score (nSPS) is 17.9. The van der Waals surface area contributed by atoms with Gasteiger partial charge >= 0.3 is 0 Å². The Morgan fingerprint density at radius 2 is 1.94 bits per heavy atom. The molecule has 1 aliphatic carbocycles. The average Bonchev–Trinajstić information content (AvgIpc) is 3.68. The van der Waals surface area contributed by atoms with Gasteiger partial charge in [-0.1, -0.05) is 18.9 Å². The molecule has 5 rings (SSSR count). The first-order valence-electron chi connectivity index (χ1n) is 12.2. The Hall–Kier alpha value is -2.88. The van der Waals surface area contributed by atoms with E-state index < -0.39 is 6.04 Å². The molecule has 0 bridgehead atoms. The Balaban J connectivity index is 1.41. The van der Waals surface area contributed by atoms with Gasteiger partial charge in [-0.15, -0.1) is 11.3 Å². The molecule has 1 N–H and O–H groups in total. The van der Waals surface area contributed by atoms with Crippen LogP contribution in [0, 0.1) is 0 Å². The second kappa shape index (κ2) is 11.2. The minimum Gasteiger partial charge on any atom is -0.467 e. The molecule has 4 heterocycles. The second-order valence-corrected chi connectivity index (χ2v) is 10.1. The smallest absolute Gasteiger partial charge is 0.290 e. The zero-order chi connectivity index (χ0) is 24.0. The van der Waals surface area contributed by atoms with Crippen LogP contribution in [0.15, 0.2) is 56.9 Å². The number of carbonyl (C=O) groups excluding carboxylic acids is 2. The van der Waals surface area contributed by atoms with Crippen molar-refractivity contribution in [2.45, 2.75) is 50.9 Å². The Morgan fingerprint density at radius 1 is 1.11 bits per heavy atom. The van der Waals surface area contributed by atoms with Crippen molar-refractivity contribution in [2.75, 3.05) is 26.3 Å². The lowest BCUT2D eigenvalue weighted by Gasteiger charge is -2.30. The van der Waals surface area contributed by atoms with Crippen LogP contribution < -0.4 is 5.32 Å². The highest BCUT2D eigenvalue weighted by molar-refractivity contribution is 7.09. The molecule has 35 heavy (non-hydrogen) atoms. The molecule has 1 saturated carbocycles. The number of nitrogens with zero attached hydrogens (tertiary/aromatic N) is 2. The van der Waals surface area contributed by atoms with Crippen molar-refractivity contribution in [1.29, 1.82) is 0 Å². The highest BCUT2D eigenvalue weighted by Gasteiger charge is 2.37. The molecule has 3 aromatic heterocycles. The maximum Gasteiger partial charge on any atom is 0.290 e. The second-order valence-electron chi connectivity index (χ2n) is 9.07. The number of amides is 2. The van der Waals surface area contributed by atoms with E-state index in [1.807, 2.05) is 23.6 Å². The summed E-state index contributed by atoms with van der Waals surface area (Å²) in [7, 11) is 0. The molecular formula is C26H31N3O5S. The quantitative estimate of drug-likeness (QED) is 0.477. The molecule has 0 radical (unpaired) electrons. The van der Waals surface area contributed by atoms with Crippen LogP contribution in [0.4, 0.5) is 0 Å². The number of furan rings is 2. The summed E-state index contributed by atoms with van der Waals surface area (Å²) < 4.78 is 17.1. The van der Waals surface area contributed by atoms with Crippen LogP contribution in [0.2, 0.25) is 0 Å². The molecule has 1 unspecified atom stereocenters. The first-order valence-corrected chi connectivity index (χ1v) is 13.1. The SMILES string of the molecule is O=C(NC1CCCC1)C(c1ccco1)N(Cc1cccs1)C(=O)c1ccc(CN2CCOCC2)o1. The molecule has 2 fully saturated rings. The summed E-state index contributed by atoms with van der Waals surface area (Å²) in [5.74, 6) is 0.809. The third kappa shape index (κ3) is 5.86. The Bertz CT molecular complexity index is 1080. The van der Waals surface area contributed by atoms with Crippen molar-refractivity contribution in [1.82, 2.24) is 15.1 Å². The van der Waals surface area contributed by atoms with Gasteiger partial charge in [0.15, 0.2) is 11.8 Å². The van der Waals surface area contributed by atoms with E-state index in [1.54, 1.807) is 34.4 Å². The largest absolute Gasteiger partial charge is 0.467 e. The maximum absolute atomic E-state index is 13.8. The van der Waals surface area contributed by atoms with Gasteiger partial charge in [0.25, 0.3) is 11.8 Å². The Labute approximate surface area is 208 Å². The van der Waals surface area contributed by atoms with Crippen LogP contribution in [0.25, 0.3) is 0 Å². The highest BCUT2D eigenvalue weighted by atomic mass is 32.1. The van der Waals surface area contributed by atoms with Gasteiger partial charge in [0, 0.05) is 24.0 Å². The first kappa shape index (κ1) is 23.8. The lowest BCUT2D eigenvalue weighted by atomic mass is 10.1. The van der Waals surface area contributed by atoms with E-state index in [-0.39, 0.29) is 30.2 Å². The minimum absolute atomic E-state index is 0.127. The van der Waals surface area contributed by atoms with Gasteiger partial charge in [-0.3, -0.25) is 14.5 Å². The summed E-state index contributed by atoms with van der Waals surface area (Å²) in [4.78, 5) is 32.2. The van der Waals surface area contributed by atoms with Gasteiger partial charge in [-0.25, -0.2) is 0 Å². The maximum atomic E-state index is 13.8. The molecule has 2 amide bonds. The predicted octanol–water partition coefficient (Wildman–Crippen LogP) is 4.21. The Kier molecular flexibility index (Phi) is 7.66. The van der Waals surface area contributed by atoms with Crippen molar-refractivity contribution >= 4 is 23.2 Å². The fourth-order valence-electron chi connectivity index (χ4n) is 4.77. The number of carbonyl (C=O) groups is 2. The van der Waals surface area contributed by atoms with Crippen molar-refractivity contribution in [3.63, 3.8) is 0 Å². The van der Waals surface area contributed by atoms with E-state index >= 15 is 0 Å². The molecular weight excluding hydrogens is 466 g/mol. The minimum atomic E-state index is -0.895. The van der Waals surface area contributed by atoms with E-state index in [0.717, 1.165) is 49.4 Å². The zero-order valence-corrected chi connectivity index (χ0v) is 20.5. The van der Waals surface area contributed by atoms with Gasteiger partial charge < -0.3 is 23.8 Å². The van der Waals surface area contributed by atoms with Gasteiger partial charge in [0.2, 0.25) is 0 Å². The number of ether oxygens (including phenoxy) is 1. The van der Waals surface area contributed by atoms with E-state index in [4.69, 9.17) is 13.6 Å². The van der Waals surface area contributed by atoms with Crippen LogP contribution in [0.1, 0.15) is 58.7 Å². The number of nitrogens with one attached hydrogen (secondary N) is 1. The Morgan fingerprint density at radius 3 is 2.66 bits per heavy atom. The predicted molar refractivity (Wildman–Crippen MR) is 131 cm³/mol. The molecule has 1 atom stereocenters. The number of hydrogen-bond acceptors (Lipinski definition) is 7. The molecule has 0 aromatic carbocycles. The highest BCUT2D eigenvalue weighted by Crippen LogP contribution is 2.29. The average molecular weight is 498 g/mol. The van der Waals surface area contributed by atoms with Gasteiger partial charge in [0.1, 0.15) is 11.5 Å². The fraction of sp³-hybridized carbons (Fsp3) is 0.462. The molecule has 3 aromatic rings. The third-order valence-electron chi connectivity index (χ3n) is 6.60. The lowest BCUT2D eigenvalue weighted by Crippen LogP contribution is -2.45. The molecule has 186 valence electrons. The molecule has 1 aliphatic heterocycles. The van der Waals surface area contributed by atoms with Crippen LogP contribution in [0.3, 0.4) is 0 Å². The van der Waals surface area contributed by atoms with Crippen LogP contribution in [-0.4, -0.2) is 54.0 Å². The first-order chi connectivity index (χ1) is 17.2. The molecule has 1 saturated heterocycles. The molecule has 8 nitrogen and oxygen atoms in total. The lowest BCUT2D eigenvalue weighted by molar-refractivity contribution is -0.127. The number of rotatable bonds is 9. The van der Waals surface area contributed by atoms with Crippen LogP contribution >= 0.6 is 11.3 Å². The summed E-state index contributed by atoms with van der Waals surface area (Å²) in [5.41, 5.74) is 0. The summed E-state index contributed by atoms with van der Waals surface area (Å²) in [6.45, 7) is 3.95. The molecule has 9 heteroatoms. The summed E-state index contributed by atoms with van der Waals surface area (Å²) in [6.07, 6.45) is 5.66. The van der Waals surface area contributed by atoms with E-state index in [0.29, 0.717) is 25.5 Å². The fourth-order valence-corrected chi connectivity index (χ4v) is 5.47. The van der Waals surface area contributed by atoms with Crippen molar-refractivity contribution in [3.8, 4) is 0 Å². The van der Waals surface area contributed by atoms with E-state index in [2.05, 4.69) is 10.2 Å². The number of hydrogen-bond donors (Lipinski definition) is 1. The van der Waals surface area contributed by atoms with E-state index in [9.17, 15) is 9.59 Å². The standard InChI is InChI=1S/C26H31N3O5S/c30-25(27-19-5-1-2-6-19)24(22-8-3-13-33-22)29(18-21-7-4-16-35-21)26(31)23-10-9-20(34-23)17-28-11-14-32-15-12-28/h3-4,7-10,13,16,19,24H,1-2,5-6,11-12,14-15,17-18H2,(H,27,30). The van der Waals surface area contributed by atoms with Crippen molar-refractivity contribution in [2.24, 2.45) is 0 Å². The van der Waals surface area contributed by atoms with Gasteiger partial charge in [-0.2, -0.15) is 0 Å². The molecule has 2 aliphatic rings. The van der Waals surface area contributed by atoms with E-state index in [1.165, 1.54) is 6.26 Å². The third-order valence-corrected chi connectivity index (χ3v) is 7.46. The topological polar surface area (TPSA) is 88.2 Å². The summed E-state index contributed by atoms with van der Waals surface area (Å²) in [5, 5.41) is 5.12. The number of morpholine rings is 1. The summed E-state index contributed by atoms with van der Waals surface area (Å²) in [6, 6.07) is 10.2. The van der Waals surface area contributed by atoms with Crippen molar-refractivity contribution < 1.29 is 23.2 Å². The monoisotopic (exact) mass is 497 g/mol. The van der Waals surface area contributed by atoms with Crippen LogP contribution in [0.5, 0.6) is 0 Å².